The molecule has 0 saturated carbocycles. The predicted molar refractivity (Wildman–Crippen MR) is 119 cm³/mol. The van der Waals surface area contributed by atoms with Crippen molar-refractivity contribution in [3.05, 3.63) is 59.8 Å². The first-order valence-electron chi connectivity index (χ1n) is 9.61. The molecule has 0 aliphatic rings. The van der Waals surface area contributed by atoms with Crippen molar-refractivity contribution in [3.63, 3.8) is 0 Å². The van der Waals surface area contributed by atoms with Gasteiger partial charge in [-0.15, -0.1) is 0 Å². The van der Waals surface area contributed by atoms with Gasteiger partial charge in [0.1, 0.15) is 5.75 Å². The van der Waals surface area contributed by atoms with Gasteiger partial charge in [0.25, 0.3) is 10.0 Å². The number of methoxy groups -OCH3 is 1. The van der Waals surface area contributed by atoms with Gasteiger partial charge >= 0.3 is 35.7 Å². The molecule has 0 unspecified atom stereocenters. The van der Waals surface area contributed by atoms with Crippen LogP contribution in [0.25, 0.3) is 16.9 Å². The second kappa shape index (κ2) is 10.9. The second-order valence-electron chi connectivity index (χ2n) is 6.89. The summed E-state index contributed by atoms with van der Waals surface area (Å²) in [5.41, 5.74) is -0.694. The molecule has 0 spiro atoms. The van der Waals surface area contributed by atoms with E-state index in [2.05, 4.69) is 5.10 Å². The fourth-order valence-electron chi connectivity index (χ4n) is 3.04. The SMILES string of the molecule is CCC(=O)NS(=O)(=O)c1ccc(-n2nc(C(F)(F)F)cc2-c2ccc(OC)cc2)cc1CO.[NaH]. The molecule has 8 nitrogen and oxygen atoms in total. The fraction of sp³-hybridized carbons (Fsp3) is 0.238. The molecule has 178 valence electrons. The molecule has 0 fully saturated rings. The maximum absolute atomic E-state index is 13.4. The standard InChI is InChI=1S/C21H20F3N3O5S.Na.H/c1-3-20(29)26-33(30,31)18-9-6-15(10-14(18)12-28)27-17(11-19(25-27)21(22,23)24)13-4-7-16(32-2)8-5-13;;/h4-11,28H,3,12H2,1-2H3,(H,26,29);;. The van der Waals surface area contributed by atoms with Gasteiger partial charge in [-0.2, -0.15) is 18.3 Å². The number of hydrogen-bond acceptors (Lipinski definition) is 6. The number of aliphatic hydroxyl groups excluding tert-OH is 1. The van der Waals surface area contributed by atoms with Crippen LogP contribution in [0.3, 0.4) is 0 Å². The molecule has 1 aromatic heterocycles. The first-order chi connectivity index (χ1) is 15.5. The van der Waals surface area contributed by atoms with Crippen LogP contribution in [-0.4, -0.2) is 65.9 Å². The number of halogens is 3. The number of carbonyl (C=O) groups excluding carboxylic acids is 1. The number of amides is 1. The van der Waals surface area contributed by atoms with E-state index in [1.807, 2.05) is 4.72 Å². The van der Waals surface area contributed by atoms with Gasteiger partial charge in [-0.05, 0) is 48.5 Å². The average Bonchev–Trinajstić information content (AvgIpc) is 3.24. The Balaban J connectivity index is 0.00000408. The molecule has 0 radical (unpaired) electrons. The average molecular weight is 507 g/mol. The summed E-state index contributed by atoms with van der Waals surface area (Å²) in [5, 5.41) is 13.4. The molecule has 0 aliphatic heterocycles. The monoisotopic (exact) mass is 507 g/mol. The summed E-state index contributed by atoms with van der Waals surface area (Å²) in [6, 6.07) is 10.7. The van der Waals surface area contributed by atoms with Crippen molar-refractivity contribution in [2.24, 2.45) is 0 Å². The molecule has 0 saturated heterocycles. The van der Waals surface area contributed by atoms with E-state index in [0.29, 0.717) is 11.3 Å². The summed E-state index contributed by atoms with van der Waals surface area (Å²) in [6.07, 6.45) is -4.80. The van der Waals surface area contributed by atoms with E-state index >= 15 is 0 Å². The van der Waals surface area contributed by atoms with Gasteiger partial charge in [0, 0.05) is 17.5 Å². The van der Waals surface area contributed by atoms with Gasteiger partial charge in [0.05, 0.1) is 30.0 Å². The second-order valence-corrected chi connectivity index (χ2v) is 8.54. The molecule has 2 aromatic carbocycles. The summed E-state index contributed by atoms with van der Waals surface area (Å²) in [5.74, 6) is -0.237. The quantitative estimate of drug-likeness (QED) is 0.476. The Kier molecular flexibility index (Phi) is 8.94. The number of ether oxygens (including phenoxy) is 1. The van der Waals surface area contributed by atoms with E-state index in [-0.39, 0.29) is 57.8 Å². The summed E-state index contributed by atoms with van der Waals surface area (Å²) in [7, 11) is -2.83. The minimum absolute atomic E-state index is 0. The van der Waals surface area contributed by atoms with Crippen LogP contribution in [0.5, 0.6) is 5.75 Å². The number of carbonyl (C=O) groups is 1. The summed E-state index contributed by atoms with van der Waals surface area (Å²) < 4.78 is 73.1. The van der Waals surface area contributed by atoms with E-state index < -0.39 is 34.4 Å². The number of nitrogens with one attached hydrogen (secondary N) is 1. The summed E-state index contributed by atoms with van der Waals surface area (Å²) in [4.78, 5) is 11.2. The molecule has 3 rings (SSSR count). The van der Waals surface area contributed by atoms with Crippen LogP contribution in [0, 0.1) is 0 Å². The number of nitrogens with zero attached hydrogens (tertiary/aromatic N) is 2. The molecule has 2 N–H and O–H groups in total. The van der Waals surface area contributed by atoms with E-state index in [1.165, 1.54) is 26.2 Å². The van der Waals surface area contributed by atoms with E-state index in [0.717, 1.165) is 16.8 Å². The first kappa shape index (κ1) is 27.9. The molecule has 13 heteroatoms. The Hall–Kier alpha value is -2.38. The van der Waals surface area contributed by atoms with Gasteiger partial charge in [0.15, 0.2) is 5.69 Å². The Bertz CT molecular complexity index is 1280. The van der Waals surface area contributed by atoms with Gasteiger partial charge in [-0.3, -0.25) is 4.79 Å². The van der Waals surface area contributed by atoms with Crippen LogP contribution in [0.1, 0.15) is 24.6 Å². The molecule has 34 heavy (non-hydrogen) atoms. The van der Waals surface area contributed by atoms with Gasteiger partial charge in [-0.25, -0.2) is 17.8 Å². The number of alkyl halides is 3. The Morgan fingerprint density at radius 3 is 2.32 bits per heavy atom. The molecule has 0 aliphatic carbocycles. The normalized spacial score (nSPS) is 11.6. The van der Waals surface area contributed by atoms with Crippen molar-refractivity contribution in [1.29, 1.82) is 0 Å². The topological polar surface area (TPSA) is 111 Å². The number of aliphatic hydroxyl groups is 1. The Morgan fingerprint density at radius 2 is 1.79 bits per heavy atom. The van der Waals surface area contributed by atoms with Crippen molar-refractivity contribution >= 4 is 45.5 Å². The van der Waals surface area contributed by atoms with Crippen LogP contribution < -0.4 is 9.46 Å². The van der Waals surface area contributed by atoms with Crippen LogP contribution >= 0.6 is 0 Å². The number of aromatic nitrogens is 2. The van der Waals surface area contributed by atoms with Gasteiger partial charge < -0.3 is 9.84 Å². The molecule has 3 aromatic rings. The minimum atomic E-state index is -4.72. The third kappa shape index (κ3) is 5.99. The zero-order valence-corrected chi connectivity index (χ0v) is 18.4. The number of hydrogen-bond donors (Lipinski definition) is 2. The van der Waals surface area contributed by atoms with Crippen LogP contribution in [0.15, 0.2) is 53.4 Å². The van der Waals surface area contributed by atoms with Crippen molar-refractivity contribution in [3.8, 4) is 22.7 Å². The van der Waals surface area contributed by atoms with Crippen LogP contribution in [0.4, 0.5) is 13.2 Å². The first-order valence-corrected chi connectivity index (χ1v) is 11.1. The number of rotatable bonds is 7. The van der Waals surface area contributed by atoms with Crippen molar-refractivity contribution in [1.82, 2.24) is 14.5 Å². The molecule has 1 amide bonds. The maximum atomic E-state index is 13.4. The van der Waals surface area contributed by atoms with E-state index in [1.54, 1.807) is 24.3 Å². The van der Waals surface area contributed by atoms with Crippen molar-refractivity contribution < 1.29 is 36.2 Å². The zero-order chi connectivity index (χ0) is 24.4. The molecular formula is C21H21F3N3NaO5S. The van der Waals surface area contributed by atoms with E-state index in [4.69, 9.17) is 4.74 Å². The van der Waals surface area contributed by atoms with Gasteiger partial charge in [0.2, 0.25) is 5.91 Å². The third-order valence-electron chi connectivity index (χ3n) is 4.70. The molecule has 1 heterocycles. The zero-order valence-electron chi connectivity index (χ0n) is 17.5. The molecular weight excluding hydrogens is 486 g/mol. The predicted octanol–water partition coefficient (Wildman–Crippen LogP) is 2.63. The van der Waals surface area contributed by atoms with Crippen molar-refractivity contribution in [2.45, 2.75) is 31.0 Å². The number of sulfonamides is 1. The van der Waals surface area contributed by atoms with Crippen LogP contribution in [-0.2, 0) is 27.6 Å². The number of benzene rings is 2. The molecule has 0 bridgehead atoms. The Morgan fingerprint density at radius 1 is 1.15 bits per heavy atom. The third-order valence-corrected chi connectivity index (χ3v) is 6.18. The van der Waals surface area contributed by atoms with Crippen molar-refractivity contribution in [2.75, 3.05) is 7.11 Å². The Labute approximate surface area is 216 Å². The molecule has 0 atom stereocenters. The fourth-order valence-corrected chi connectivity index (χ4v) is 4.31. The van der Waals surface area contributed by atoms with Gasteiger partial charge in [-0.1, -0.05) is 6.92 Å². The summed E-state index contributed by atoms with van der Waals surface area (Å²) >= 11 is 0. The van der Waals surface area contributed by atoms with Crippen LogP contribution in [0.2, 0.25) is 0 Å². The summed E-state index contributed by atoms with van der Waals surface area (Å²) in [6.45, 7) is 0.729. The van der Waals surface area contributed by atoms with E-state index in [9.17, 15) is 31.5 Å².